The quantitative estimate of drug-likeness (QED) is 0.292. The number of nitrogens with one attached hydrogen (secondary N) is 2. The van der Waals surface area contributed by atoms with Crippen LogP contribution in [0, 0.1) is 6.92 Å². The number of halogens is 3. The summed E-state index contributed by atoms with van der Waals surface area (Å²) in [4.78, 5) is 29.2. The number of carbonyl (C=O) groups is 2. The van der Waals surface area contributed by atoms with Crippen molar-refractivity contribution in [3.8, 4) is 0 Å². The van der Waals surface area contributed by atoms with Crippen molar-refractivity contribution in [3.05, 3.63) is 83.4 Å². The number of thioether (sulfide) groups is 1. The predicted molar refractivity (Wildman–Crippen MR) is 130 cm³/mol. The van der Waals surface area contributed by atoms with Gasteiger partial charge in [-0.05, 0) is 55.0 Å². The van der Waals surface area contributed by atoms with Crippen molar-refractivity contribution in [3.63, 3.8) is 0 Å². The van der Waals surface area contributed by atoms with Gasteiger partial charge in [0.05, 0.1) is 21.5 Å². The topological polar surface area (TPSA) is 71.1 Å². The smallest absolute Gasteiger partial charge is 0.325 e. The zero-order chi connectivity index (χ0) is 24.3. The number of alkyl halides is 3. The molecule has 5 nitrogen and oxygen atoms in total. The molecule has 0 saturated heterocycles. The van der Waals surface area contributed by atoms with E-state index in [1.54, 1.807) is 24.3 Å². The van der Waals surface area contributed by atoms with E-state index in [9.17, 15) is 22.8 Å². The summed E-state index contributed by atoms with van der Waals surface area (Å²) in [6.07, 6.45) is -4.48. The molecule has 10 heteroatoms. The lowest BCUT2D eigenvalue weighted by Gasteiger charge is -2.09. The Balaban J connectivity index is 1.38. The number of fused-ring (bicyclic) bond motifs is 1. The largest absolute Gasteiger partial charge is 0.416 e. The van der Waals surface area contributed by atoms with Crippen molar-refractivity contribution < 1.29 is 22.8 Å². The van der Waals surface area contributed by atoms with Gasteiger partial charge in [-0.25, -0.2) is 4.98 Å². The number of amides is 2. The van der Waals surface area contributed by atoms with E-state index < -0.39 is 17.6 Å². The monoisotopic (exact) mass is 501 g/mol. The molecule has 0 bridgehead atoms. The van der Waals surface area contributed by atoms with Gasteiger partial charge in [0.2, 0.25) is 5.91 Å². The van der Waals surface area contributed by atoms with Crippen LogP contribution in [0.5, 0.6) is 0 Å². The van der Waals surface area contributed by atoms with Gasteiger partial charge in [-0.1, -0.05) is 36.0 Å². The molecule has 0 saturated carbocycles. The Morgan fingerprint density at radius 2 is 1.74 bits per heavy atom. The van der Waals surface area contributed by atoms with Crippen molar-refractivity contribution in [1.29, 1.82) is 0 Å². The highest BCUT2D eigenvalue weighted by Crippen LogP contribution is 2.32. The van der Waals surface area contributed by atoms with Gasteiger partial charge < -0.3 is 10.6 Å². The molecule has 0 aliphatic carbocycles. The number of aryl methyl sites for hydroxylation is 1. The number of thiazole rings is 1. The summed E-state index contributed by atoms with van der Waals surface area (Å²) in [5, 5.41) is 5.36. The number of hydrogen-bond donors (Lipinski definition) is 2. The molecule has 0 aliphatic heterocycles. The van der Waals surface area contributed by atoms with Crippen LogP contribution in [0.2, 0.25) is 0 Å². The van der Waals surface area contributed by atoms with Gasteiger partial charge in [0, 0.05) is 16.9 Å². The molecular formula is C24H18F3N3O2S2. The van der Waals surface area contributed by atoms with Crippen LogP contribution in [-0.2, 0) is 11.0 Å². The van der Waals surface area contributed by atoms with E-state index in [1.165, 1.54) is 35.2 Å². The van der Waals surface area contributed by atoms with E-state index in [4.69, 9.17) is 0 Å². The lowest BCUT2D eigenvalue weighted by molar-refractivity contribution is -0.137. The molecule has 3 aromatic carbocycles. The average Bonchev–Trinajstić information content (AvgIpc) is 3.20. The first-order chi connectivity index (χ1) is 16.2. The molecule has 174 valence electrons. The molecule has 4 rings (SSSR count). The molecular weight excluding hydrogens is 483 g/mol. The zero-order valence-corrected chi connectivity index (χ0v) is 19.4. The second kappa shape index (κ2) is 9.86. The highest BCUT2D eigenvalue weighted by molar-refractivity contribution is 8.01. The molecule has 0 spiro atoms. The van der Waals surface area contributed by atoms with Gasteiger partial charge in [0.15, 0.2) is 4.34 Å². The van der Waals surface area contributed by atoms with Crippen LogP contribution in [-0.4, -0.2) is 22.6 Å². The molecule has 0 unspecified atom stereocenters. The van der Waals surface area contributed by atoms with E-state index in [0.29, 0.717) is 15.6 Å². The van der Waals surface area contributed by atoms with Gasteiger partial charge in [0.25, 0.3) is 5.91 Å². The van der Waals surface area contributed by atoms with Gasteiger partial charge in [-0.3, -0.25) is 9.59 Å². The standard InChI is InChI=1S/C24H18F3N3O2S2/c1-14-5-2-3-8-18(14)22(32)29-17-9-10-19-20(12-17)34-23(30-19)33-13-21(31)28-16-7-4-6-15(11-16)24(25,26)27/h2-12H,13H2,1H3,(H,28,31)(H,29,32). The number of aromatic nitrogens is 1. The fraction of sp³-hybridized carbons (Fsp3) is 0.125. The average molecular weight is 502 g/mol. The summed E-state index contributed by atoms with van der Waals surface area (Å²) in [5.74, 6) is -0.648. The van der Waals surface area contributed by atoms with Gasteiger partial charge >= 0.3 is 6.18 Å². The molecule has 34 heavy (non-hydrogen) atoms. The summed E-state index contributed by atoms with van der Waals surface area (Å²) < 4.78 is 40.0. The van der Waals surface area contributed by atoms with Crippen LogP contribution in [0.3, 0.4) is 0 Å². The minimum atomic E-state index is -4.48. The van der Waals surface area contributed by atoms with E-state index in [0.717, 1.165) is 27.9 Å². The summed E-state index contributed by atoms with van der Waals surface area (Å²) in [6.45, 7) is 1.87. The number of hydrogen-bond acceptors (Lipinski definition) is 5. The maximum Gasteiger partial charge on any atom is 0.416 e. The third-order valence-electron chi connectivity index (χ3n) is 4.82. The van der Waals surface area contributed by atoms with Crippen molar-refractivity contribution in [2.45, 2.75) is 17.4 Å². The lowest BCUT2D eigenvalue weighted by Crippen LogP contribution is -2.14. The maximum absolute atomic E-state index is 12.8. The van der Waals surface area contributed by atoms with Crippen molar-refractivity contribution >= 4 is 56.5 Å². The minimum absolute atomic E-state index is 0.00700. The highest BCUT2D eigenvalue weighted by atomic mass is 32.2. The number of benzene rings is 3. The third kappa shape index (κ3) is 5.75. The van der Waals surface area contributed by atoms with E-state index in [-0.39, 0.29) is 17.3 Å². The van der Waals surface area contributed by atoms with Crippen LogP contribution >= 0.6 is 23.1 Å². The Morgan fingerprint density at radius 3 is 2.50 bits per heavy atom. The molecule has 4 aromatic rings. The number of carbonyl (C=O) groups excluding carboxylic acids is 2. The SMILES string of the molecule is Cc1ccccc1C(=O)Nc1ccc2nc(SCC(=O)Nc3cccc(C(F)(F)F)c3)sc2c1. The minimum Gasteiger partial charge on any atom is -0.325 e. The maximum atomic E-state index is 12.8. The van der Waals surface area contributed by atoms with Gasteiger partial charge in [-0.2, -0.15) is 13.2 Å². The first-order valence-corrected chi connectivity index (χ1v) is 11.9. The molecule has 2 N–H and O–H groups in total. The molecule has 2 amide bonds. The summed E-state index contributed by atoms with van der Waals surface area (Å²) in [5.41, 5.74) is 2.08. The van der Waals surface area contributed by atoms with E-state index in [2.05, 4.69) is 15.6 Å². The molecule has 1 heterocycles. The first-order valence-electron chi connectivity index (χ1n) is 10.1. The highest BCUT2D eigenvalue weighted by Gasteiger charge is 2.30. The van der Waals surface area contributed by atoms with Crippen molar-refractivity contribution in [1.82, 2.24) is 4.98 Å². The van der Waals surface area contributed by atoms with Crippen molar-refractivity contribution in [2.24, 2.45) is 0 Å². The van der Waals surface area contributed by atoms with Crippen LogP contribution in [0.4, 0.5) is 24.5 Å². The Kier molecular flexibility index (Phi) is 6.90. The van der Waals surface area contributed by atoms with Crippen LogP contribution in [0.1, 0.15) is 21.5 Å². The Morgan fingerprint density at radius 1 is 0.971 bits per heavy atom. The van der Waals surface area contributed by atoms with Crippen LogP contribution in [0.15, 0.2) is 71.1 Å². The van der Waals surface area contributed by atoms with Gasteiger partial charge in [0.1, 0.15) is 0 Å². The van der Waals surface area contributed by atoms with E-state index in [1.807, 2.05) is 25.1 Å². The normalized spacial score (nSPS) is 11.4. The zero-order valence-electron chi connectivity index (χ0n) is 17.8. The predicted octanol–water partition coefficient (Wildman–Crippen LogP) is 6.61. The second-order valence-corrected chi connectivity index (χ2v) is 9.60. The van der Waals surface area contributed by atoms with Crippen LogP contribution in [0.25, 0.3) is 10.2 Å². The second-order valence-electron chi connectivity index (χ2n) is 7.35. The molecule has 0 radical (unpaired) electrons. The molecule has 0 atom stereocenters. The molecule has 0 aliphatic rings. The lowest BCUT2D eigenvalue weighted by atomic mass is 10.1. The Labute approximate surface area is 201 Å². The van der Waals surface area contributed by atoms with Crippen molar-refractivity contribution in [2.75, 3.05) is 16.4 Å². The summed E-state index contributed by atoms with van der Waals surface area (Å²) >= 11 is 2.55. The Bertz CT molecular complexity index is 1370. The number of rotatable bonds is 6. The molecule has 0 fully saturated rings. The fourth-order valence-corrected chi connectivity index (χ4v) is 5.07. The summed E-state index contributed by atoms with van der Waals surface area (Å²) in [7, 11) is 0. The van der Waals surface area contributed by atoms with Gasteiger partial charge in [-0.15, -0.1) is 11.3 Å². The Hall–Kier alpha value is -3.37. The third-order valence-corrected chi connectivity index (χ3v) is 6.98. The van der Waals surface area contributed by atoms with Crippen LogP contribution < -0.4 is 10.6 Å². The fourth-order valence-electron chi connectivity index (χ4n) is 3.17. The first kappa shape index (κ1) is 23.8. The molecule has 1 aromatic heterocycles. The van der Waals surface area contributed by atoms with E-state index >= 15 is 0 Å². The number of nitrogens with zero attached hydrogens (tertiary/aromatic N) is 1. The number of anilines is 2. The summed E-state index contributed by atoms with van der Waals surface area (Å²) in [6, 6.07) is 17.2.